The molecular weight excluding hydrogens is 472 g/mol. The molecule has 1 fully saturated rings. The van der Waals surface area contributed by atoms with Gasteiger partial charge in [-0.15, -0.1) is 0 Å². The normalized spacial score (nSPS) is 18.4. The van der Waals surface area contributed by atoms with Gasteiger partial charge in [0.1, 0.15) is 0 Å². The number of hydrogen-bond acceptors (Lipinski definition) is 2. The smallest absolute Gasteiger partial charge is 0.0328 e. The first-order chi connectivity index (χ1) is 17.9. The molecule has 39 heavy (non-hydrogen) atoms. The highest BCUT2D eigenvalue weighted by Crippen LogP contribution is 2.43. The molecule has 3 N–H and O–H groups in total. The summed E-state index contributed by atoms with van der Waals surface area (Å²) in [5, 5.41) is 4.11. The van der Waals surface area contributed by atoms with Crippen molar-refractivity contribution < 1.29 is 0 Å². The Labute approximate surface area is 244 Å². The topological polar surface area (TPSA) is 38.0 Å². The van der Waals surface area contributed by atoms with Crippen LogP contribution in [0.3, 0.4) is 0 Å². The summed E-state index contributed by atoms with van der Waals surface area (Å²) < 4.78 is 0. The lowest BCUT2D eigenvalue weighted by Crippen LogP contribution is -2.51. The van der Waals surface area contributed by atoms with E-state index in [4.69, 9.17) is 18.9 Å². The number of rotatable bonds is 18. The largest absolute Gasteiger partial charge is 0.399 e. The van der Waals surface area contributed by atoms with Crippen molar-refractivity contribution >= 4 is 0 Å². The van der Waals surface area contributed by atoms with Crippen LogP contribution in [0.5, 0.6) is 0 Å². The minimum atomic E-state index is 0.0599. The van der Waals surface area contributed by atoms with E-state index in [-0.39, 0.29) is 22.8 Å². The van der Waals surface area contributed by atoms with Gasteiger partial charge in [0.2, 0.25) is 0 Å². The summed E-state index contributed by atoms with van der Waals surface area (Å²) in [6, 6.07) is 0.666. The molecular formula is C37H66N2. The van der Waals surface area contributed by atoms with Crippen molar-refractivity contribution in [2.45, 2.75) is 139 Å². The molecule has 0 spiro atoms. The lowest BCUT2D eigenvalue weighted by atomic mass is 9.70. The number of nitrogens with two attached hydrogens (primary N) is 1. The zero-order valence-corrected chi connectivity index (χ0v) is 27.6. The summed E-state index contributed by atoms with van der Waals surface area (Å²) in [6.45, 7) is 43.5. The van der Waals surface area contributed by atoms with Crippen molar-refractivity contribution in [3.63, 3.8) is 0 Å². The lowest BCUT2D eigenvalue weighted by molar-refractivity contribution is 0.187. The Morgan fingerprint density at radius 2 is 1.49 bits per heavy atom. The maximum absolute atomic E-state index is 6.19. The molecule has 0 aromatic heterocycles. The van der Waals surface area contributed by atoms with Gasteiger partial charge in [0.05, 0.1) is 0 Å². The second-order valence-electron chi connectivity index (χ2n) is 15.0. The molecule has 5 unspecified atom stereocenters. The van der Waals surface area contributed by atoms with E-state index < -0.39 is 0 Å². The third kappa shape index (κ3) is 11.1. The Kier molecular flexibility index (Phi) is 14.1. The second kappa shape index (κ2) is 15.5. The summed E-state index contributed by atoms with van der Waals surface area (Å²) >= 11 is 0. The first kappa shape index (κ1) is 35.5. The highest BCUT2D eigenvalue weighted by molar-refractivity contribution is 5.41. The predicted octanol–water partition coefficient (Wildman–Crippen LogP) is 10.5. The first-order valence-electron chi connectivity index (χ1n) is 15.9. The molecule has 1 rings (SSSR count). The molecule has 0 aliphatic heterocycles. The van der Waals surface area contributed by atoms with Crippen LogP contribution in [0.2, 0.25) is 0 Å². The minimum Gasteiger partial charge on any atom is -0.399 e. The van der Waals surface area contributed by atoms with E-state index >= 15 is 0 Å². The highest BCUT2D eigenvalue weighted by Gasteiger charge is 2.35. The fourth-order valence-corrected chi connectivity index (χ4v) is 6.06. The second-order valence-corrected chi connectivity index (χ2v) is 15.0. The van der Waals surface area contributed by atoms with Crippen molar-refractivity contribution in [1.82, 2.24) is 5.32 Å². The minimum absolute atomic E-state index is 0.0599. The van der Waals surface area contributed by atoms with Crippen molar-refractivity contribution in [3.8, 4) is 0 Å². The predicted molar refractivity (Wildman–Crippen MR) is 177 cm³/mol. The molecule has 224 valence electrons. The van der Waals surface area contributed by atoms with Gasteiger partial charge in [0.15, 0.2) is 0 Å². The Bertz CT molecular complexity index is 842. The molecule has 0 saturated heterocycles. The van der Waals surface area contributed by atoms with Gasteiger partial charge in [-0.05, 0) is 71.0 Å². The molecule has 1 aliphatic rings. The Morgan fingerprint density at radius 3 is 1.90 bits per heavy atom. The van der Waals surface area contributed by atoms with Crippen LogP contribution in [0.25, 0.3) is 0 Å². The number of allylic oxidation sites excluding steroid dienone is 3. The van der Waals surface area contributed by atoms with Crippen molar-refractivity contribution in [1.29, 1.82) is 0 Å². The van der Waals surface area contributed by atoms with Gasteiger partial charge in [-0.25, -0.2) is 0 Å². The third-order valence-corrected chi connectivity index (χ3v) is 9.38. The van der Waals surface area contributed by atoms with E-state index in [2.05, 4.69) is 87.4 Å². The molecule has 0 bridgehead atoms. The zero-order valence-electron chi connectivity index (χ0n) is 27.6. The standard InChI is InChI=1S/C37H66N2/c1-15-17-21-34(36(9,10)11)39-35(37(12,13)14)26(4)23-32(22-25(3)16-2)27(5)28(6)33(29(7)30(8)38)24-31-19-18-20-31/h25,31-35,39H,4-8,15-24,38H2,1-3,9-14H3. The van der Waals surface area contributed by atoms with Crippen LogP contribution < -0.4 is 11.1 Å². The van der Waals surface area contributed by atoms with E-state index in [1.807, 2.05) is 0 Å². The summed E-state index contributed by atoms with van der Waals surface area (Å²) in [7, 11) is 0. The molecule has 0 heterocycles. The van der Waals surface area contributed by atoms with E-state index in [1.165, 1.54) is 44.1 Å². The van der Waals surface area contributed by atoms with Crippen LogP contribution in [0, 0.1) is 34.5 Å². The molecule has 2 heteroatoms. The van der Waals surface area contributed by atoms with E-state index in [0.717, 1.165) is 48.3 Å². The highest BCUT2D eigenvalue weighted by atomic mass is 15.0. The molecule has 0 aromatic rings. The molecule has 0 radical (unpaired) electrons. The monoisotopic (exact) mass is 539 g/mol. The lowest BCUT2D eigenvalue weighted by Gasteiger charge is -2.42. The first-order valence-corrected chi connectivity index (χ1v) is 15.9. The van der Waals surface area contributed by atoms with Gasteiger partial charge in [-0.2, -0.15) is 0 Å². The Hall–Kier alpha value is -1.54. The SMILES string of the molecule is C=C(N)C(=C)C(CC1CCC1)C(=C)C(=C)C(CC(=C)C(NC(CCCC)C(C)(C)C)C(C)(C)C)CC(C)CC. The van der Waals surface area contributed by atoms with E-state index in [9.17, 15) is 0 Å². The summed E-state index contributed by atoms with van der Waals surface area (Å²) in [5.41, 5.74) is 11.5. The van der Waals surface area contributed by atoms with Crippen LogP contribution in [0.1, 0.15) is 127 Å². The van der Waals surface area contributed by atoms with Crippen LogP contribution in [-0.4, -0.2) is 12.1 Å². The van der Waals surface area contributed by atoms with Gasteiger partial charge in [0.25, 0.3) is 0 Å². The molecule has 2 nitrogen and oxygen atoms in total. The van der Waals surface area contributed by atoms with Crippen LogP contribution in [-0.2, 0) is 0 Å². The van der Waals surface area contributed by atoms with Gasteiger partial charge in [-0.1, -0.05) is 139 Å². The maximum Gasteiger partial charge on any atom is 0.0328 e. The fraction of sp³-hybridized carbons (Fsp3) is 0.730. The Morgan fingerprint density at radius 1 is 0.897 bits per heavy atom. The average molecular weight is 539 g/mol. The summed E-state index contributed by atoms with van der Waals surface area (Å²) in [6.07, 6.45) is 11.8. The summed E-state index contributed by atoms with van der Waals surface area (Å²) in [4.78, 5) is 0. The van der Waals surface area contributed by atoms with Crippen molar-refractivity contribution in [2.24, 2.45) is 40.2 Å². The average Bonchev–Trinajstić information content (AvgIpc) is 2.79. The summed E-state index contributed by atoms with van der Waals surface area (Å²) in [5.74, 6) is 1.77. The fourth-order valence-electron chi connectivity index (χ4n) is 6.06. The van der Waals surface area contributed by atoms with E-state index in [0.29, 0.717) is 23.6 Å². The molecule has 5 atom stereocenters. The van der Waals surface area contributed by atoms with Crippen LogP contribution in [0.15, 0.2) is 60.9 Å². The number of hydrogen-bond donors (Lipinski definition) is 2. The van der Waals surface area contributed by atoms with Crippen LogP contribution >= 0.6 is 0 Å². The zero-order chi connectivity index (χ0) is 30.1. The van der Waals surface area contributed by atoms with Crippen molar-refractivity contribution in [3.05, 3.63) is 60.9 Å². The van der Waals surface area contributed by atoms with Gasteiger partial charge < -0.3 is 11.1 Å². The van der Waals surface area contributed by atoms with Gasteiger partial charge in [-0.3, -0.25) is 0 Å². The Balaban J connectivity index is 3.28. The maximum atomic E-state index is 6.19. The number of unbranched alkanes of at least 4 members (excludes halogenated alkanes) is 1. The van der Waals surface area contributed by atoms with Crippen molar-refractivity contribution in [2.75, 3.05) is 0 Å². The van der Waals surface area contributed by atoms with Gasteiger partial charge >= 0.3 is 0 Å². The van der Waals surface area contributed by atoms with E-state index in [1.54, 1.807) is 0 Å². The molecule has 1 aliphatic carbocycles. The molecule has 0 aromatic carbocycles. The molecule has 0 amide bonds. The van der Waals surface area contributed by atoms with Crippen LogP contribution in [0.4, 0.5) is 0 Å². The number of nitrogens with one attached hydrogen (secondary N) is 1. The third-order valence-electron chi connectivity index (χ3n) is 9.38. The molecule has 1 saturated carbocycles. The van der Waals surface area contributed by atoms with Gasteiger partial charge in [0, 0.05) is 23.7 Å². The quantitative estimate of drug-likeness (QED) is 0.134.